The van der Waals surface area contributed by atoms with Crippen molar-refractivity contribution in [2.24, 2.45) is 0 Å². The fourth-order valence-corrected chi connectivity index (χ4v) is 2.02. The van der Waals surface area contributed by atoms with Crippen LogP contribution in [0, 0.1) is 0 Å². The Bertz CT molecular complexity index is 407. The minimum absolute atomic E-state index is 0.161. The quantitative estimate of drug-likeness (QED) is 0.798. The molecular formula is C12H19N3O3. The van der Waals surface area contributed by atoms with Crippen molar-refractivity contribution in [1.29, 1.82) is 0 Å². The number of nitrogens with one attached hydrogen (secondary N) is 1. The molecule has 0 spiro atoms. The molecule has 2 heterocycles. The maximum atomic E-state index is 11.9. The minimum Gasteiger partial charge on any atom is -0.385 e. The summed E-state index contributed by atoms with van der Waals surface area (Å²) in [5.41, 5.74) is -0.959. The summed E-state index contributed by atoms with van der Waals surface area (Å²) in [4.78, 5) is 11.9. The molecule has 6 heteroatoms. The highest BCUT2D eigenvalue weighted by atomic mass is 16.5. The summed E-state index contributed by atoms with van der Waals surface area (Å²) >= 11 is 0. The van der Waals surface area contributed by atoms with E-state index in [2.05, 4.69) is 10.4 Å². The molecule has 0 radical (unpaired) electrons. The third-order valence-corrected chi connectivity index (χ3v) is 3.53. The smallest absolute Gasteiger partial charge is 0.244 e. The Kier molecular flexibility index (Phi) is 3.68. The SMILES string of the molecule is CC(C(=O)NCC1(O)CCOC1C)n1cccn1. The first-order valence-corrected chi connectivity index (χ1v) is 6.14. The predicted molar refractivity (Wildman–Crippen MR) is 64.9 cm³/mol. The van der Waals surface area contributed by atoms with Crippen LogP contribution in [0.4, 0.5) is 0 Å². The van der Waals surface area contributed by atoms with Crippen molar-refractivity contribution in [3.63, 3.8) is 0 Å². The number of carbonyl (C=O) groups excluding carboxylic acids is 1. The molecule has 100 valence electrons. The van der Waals surface area contributed by atoms with Gasteiger partial charge in [0, 0.05) is 32.0 Å². The number of ether oxygens (including phenoxy) is 1. The maximum absolute atomic E-state index is 11.9. The Morgan fingerprint density at radius 2 is 2.56 bits per heavy atom. The highest BCUT2D eigenvalue weighted by molar-refractivity contribution is 5.79. The van der Waals surface area contributed by atoms with Gasteiger partial charge in [-0.15, -0.1) is 0 Å². The Balaban J connectivity index is 1.89. The summed E-state index contributed by atoms with van der Waals surface area (Å²) in [6, 6.07) is 1.38. The van der Waals surface area contributed by atoms with Gasteiger partial charge in [-0.25, -0.2) is 0 Å². The molecule has 3 unspecified atom stereocenters. The summed E-state index contributed by atoms with van der Waals surface area (Å²) in [5.74, 6) is -0.161. The number of carbonyl (C=O) groups is 1. The molecule has 1 saturated heterocycles. The fourth-order valence-electron chi connectivity index (χ4n) is 2.02. The highest BCUT2D eigenvalue weighted by Crippen LogP contribution is 2.24. The maximum Gasteiger partial charge on any atom is 0.244 e. The van der Waals surface area contributed by atoms with E-state index < -0.39 is 5.60 Å². The van der Waals surface area contributed by atoms with Crippen molar-refractivity contribution in [3.05, 3.63) is 18.5 Å². The van der Waals surface area contributed by atoms with E-state index in [1.165, 1.54) is 0 Å². The second-order valence-electron chi connectivity index (χ2n) is 4.75. The van der Waals surface area contributed by atoms with Gasteiger partial charge in [-0.3, -0.25) is 9.48 Å². The van der Waals surface area contributed by atoms with Crippen molar-refractivity contribution in [2.75, 3.05) is 13.2 Å². The summed E-state index contributed by atoms with van der Waals surface area (Å²) in [7, 11) is 0. The second-order valence-corrected chi connectivity index (χ2v) is 4.75. The molecule has 1 aliphatic heterocycles. The van der Waals surface area contributed by atoms with Crippen molar-refractivity contribution < 1.29 is 14.6 Å². The van der Waals surface area contributed by atoms with Crippen LogP contribution in [0.1, 0.15) is 26.3 Å². The van der Waals surface area contributed by atoms with Crippen molar-refractivity contribution in [1.82, 2.24) is 15.1 Å². The van der Waals surface area contributed by atoms with Crippen LogP contribution in [-0.2, 0) is 9.53 Å². The lowest BCUT2D eigenvalue weighted by molar-refractivity contribution is -0.126. The molecule has 3 atom stereocenters. The zero-order valence-electron chi connectivity index (χ0n) is 10.7. The van der Waals surface area contributed by atoms with Crippen molar-refractivity contribution in [3.8, 4) is 0 Å². The largest absolute Gasteiger partial charge is 0.385 e. The van der Waals surface area contributed by atoms with E-state index in [1.54, 1.807) is 30.1 Å². The van der Waals surface area contributed by atoms with Crippen LogP contribution in [0.2, 0.25) is 0 Å². The molecule has 0 aromatic carbocycles. The zero-order valence-corrected chi connectivity index (χ0v) is 10.7. The Labute approximate surface area is 106 Å². The van der Waals surface area contributed by atoms with Crippen LogP contribution in [0.3, 0.4) is 0 Å². The van der Waals surface area contributed by atoms with E-state index in [9.17, 15) is 9.90 Å². The Hall–Kier alpha value is -1.40. The zero-order chi connectivity index (χ0) is 13.2. The number of amides is 1. The highest BCUT2D eigenvalue weighted by Gasteiger charge is 2.39. The summed E-state index contributed by atoms with van der Waals surface area (Å²) < 4.78 is 6.89. The predicted octanol–water partition coefficient (Wildman–Crippen LogP) is 0.100. The molecule has 1 aromatic heterocycles. The monoisotopic (exact) mass is 253 g/mol. The summed E-state index contributed by atoms with van der Waals surface area (Å²) in [6.07, 6.45) is 3.66. The van der Waals surface area contributed by atoms with Crippen LogP contribution in [-0.4, -0.2) is 45.7 Å². The summed E-state index contributed by atoms with van der Waals surface area (Å²) in [6.45, 7) is 4.32. The van der Waals surface area contributed by atoms with Gasteiger partial charge in [-0.1, -0.05) is 0 Å². The Morgan fingerprint density at radius 3 is 3.11 bits per heavy atom. The van der Waals surface area contributed by atoms with Gasteiger partial charge in [0.25, 0.3) is 0 Å². The number of nitrogens with zero attached hydrogens (tertiary/aromatic N) is 2. The lowest BCUT2D eigenvalue weighted by atomic mass is 9.96. The molecule has 1 fully saturated rings. The first-order valence-electron chi connectivity index (χ1n) is 6.14. The molecule has 6 nitrogen and oxygen atoms in total. The van der Waals surface area contributed by atoms with Crippen molar-refractivity contribution in [2.45, 2.75) is 38.0 Å². The molecule has 18 heavy (non-hydrogen) atoms. The first kappa shape index (κ1) is 13.0. The molecule has 2 rings (SSSR count). The molecule has 0 aliphatic carbocycles. The number of hydrogen-bond donors (Lipinski definition) is 2. The van der Waals surface area contributed by atoms with Crippen LogP contribution in [0.5, 0.6) is 0 Å². The average molecular weight is 253 g/mol. The molecule has 2 N–H and O–H groups in total. The van der Waals surface area contributed by atoms with Gasteiger partial charge in [0.2, 0.25) is 5.91 Å². The second kappa shape index (κ2) is 5.07. The number of hydrogen-bond acceptors (Lipinski definition) is 4. The van der Waals surface area contributed by atoms with Crippen LogP contribution in [0.25, 0.3) is 0 Å². The van der Waals surface area contributed by atoms with E-state index in [0.29, 0.717) is 13.0 Å². The van der Waals surface area contributed by atoms with E-state index in [-0.39, 0.29) is 24.6 Å². The van der Waals surface area contributed by atoms with E-state index in [1.807, 2.05) is 6.92 Å². The van der Waals surface area contributed by atoms with Gasteiger partial charge in [-0.2, -0.15) is 5.10 Å². The lowest BCUT2D eigenvalue weighted by Gasteiger charge is -2.26. The molecule has 1 aromatic rings. The van der Waals surface area contributed by atoms with Crippen LogP contribution < -0.4 is 5.32 Å². The lowest BCUT2D eigenvalue weighted by Crippen LogP contribution is -2.48. The van der Waals surface area contributed by atoms with Gasteiger partial charge >= 0.3 is 0 Å². The van der Waals surface area contributed by atoms with E-state index in [0.717, 1.165) is 0 Å². The van der Waals surface area contributed by atoms with E-state index in [4.69, 9.17) is 4.74 Å². The topological polar surface area (TPSA) is 76.4 Å². The molecule has 1 aliphatic rings. The molecular weight excluding hydrogens is 234 g/mol. The third-order valence-electron chi connectivity index (χ3n) is 3.53. The average Bonchev–Trinajstić information content (AvgIpc) is 2.97. The van der Waals surface area contributed by atoms with Gasteiger partial charge in [-0.05, 0) is 19.9 Å². The van der Waals surface area contributed by atoms with E-state index >= 15 is 0 Å². The number of rotatable bonds is 4. The van der Waals surface area contributed by atoms with Gasteiger partial charge in [0.1, 0.15) is 11.6 Å². The van der Waals surface area contributed by atoms with Gasteiger partial charge < -0.3 is 15.2 Å². The van der Waals surface area contributed by atoms with Gasteiger partial charge in [0.15, 0.2) is 0 Å². The molecule has 0 bridgehead atoms. The van der Waals surface area contributed by atoms with Gasteiger partial charge in [0.05, 0.1) is 6.10 Å². The number of aromatic nitrogens is 2. The molecule has 0 saturated carbocycles. The minimum atomic E-state index is -0.959. The molecule has 1 amide bonds. The van der Waals surface area contributed by atoms with Crippen molar-refractivity contribution >= 4 is 5.91 Å². The normalized spacial score (nSPS) is 29.2. The Morgan fingerprint density at radius 1 is 1.78 bits per heavy atom. The number of aliphatic hydroxyl groups is 1. The summed E-state index contributed by atoms with van der Waals surface area (Å²) in [5, 5.41) is 17.0. The van der Waals surface area contributed by atoms with Crippen LogP contribution >= 0.6 is 0 Å². The third kappa shape index (κ3) is 2.54. The fraction of sp³-hybridized carbons (Fsp3) is 0.667. The standard InChI is InChI=1S/C12H19N3O3/c1-9(15-6-3-5-14-15)11(16)13-8-12(17)4-7-18-10(12)2/h3,5-6,9-10,17H,4,7-8H2,1-2H3,(H,13,16). The first-order chi connectivity index (χ1) is 8.53. The van der Waals surface area contributed by atoms with Crippen LogP contribution in [0.15, 0.2) is 18.5 Å².